The van der Waals surface area contributed by atoms with Crippen molar-refractivity contribution >= 4 is 11.6 Å². The van der Waals surface area contributed by atoms with E-state index in [1.807, 2.05) is 19.1 Å². The van der Waals surface area contributed by atoms with E-state index >= 15 is 0 Å². The zero-order valence-corrected chi connectivity index (χ0v) is 12.3. The van der Waals surface area contributed by atoms with Crippen molar-refractivity contribution in [3.63, 3.8) is 0 Å². The van der Waals surface area contributed by atoms with Gasteiger partial charge in [0, 0.05) is 31.2 Å². The minimum absolute atomic E-state index is 0.0734. The molecule has 1 atom stereocenters. The molecule has 0 spiro atoms. The van der Waals surface area contributed by atoms with Crippen molar-refractivity contribution in [2.75, 3.05) is 33.5 Å². The Balaban J connectivity index is 2.25. The van der Waals surface area contributed by atoms with Crippen LogP contribution in [0.15, 0.2) is 18.2 Å². The molecule has 0 fully saturated rings. The molecule has 0 aliphatic carbocycles. The van der Waals surface area contributed by atoms with Gasteiger partial charge in [-0.05, 0) is 24.6 Å². The highest BCUT2D eigenvalue weighted by Crippen LogP contribution is 2.26. The first kappa shape index (κ1) is 16.2. The molecular weight excluding hydrogens is 266 g/mol. The zero-order chi connectivity index (χ0) is 14.1. The van der Waals surface area contributed by atoms with Crippen molar-refractivity contribution in [1.29, 1.82) is 0 Å². The molecule has 1 rings (SSSR count). The second-order valence-corrected chi connectivity index (χ2v) is 4.69. The van der Waals surface area contributed by atoms with Gasteiger partial charge < -0.3 is 19.9 Å². The monoisotopic (exact) mass is 287 g/mol. The molecule has 0 aromatic heterocycles. The van der Waals surface area contributed by atoms with Crippen LogP contribution in [0.1, 0.15) is 24.9 Å². The Labute approximate surface area is 119 Å². The van der Waals surface area contributed by atoms with Crippen LogP contribution < -0.4 is 10.5 Å². The van der Waals surface area contributed by atoms with E-state index in [9.17, 15) is 0 Å². The number of nitrogens with two attached hydrogens (primary N) is 1. The molecule has 4 nitrogen and oxygen atoms in total. The number of rotatable bonds is 9. The van der Waals surface area contributed by atoms with E-state index in [-0.39, 0.29) is 6.04 Å². The zero-order valence-electron chi connectivity index (χ0n) is 11.5. The molecule has 1 aromatic rings. The molecular formula is C14H22ClNO3. The van der Waals surface area contributed by atoms with E-state index in [1.165, 1.54) is 0 Å². The number of benzene rings is 1. The molecule has 0 aliphatic heterocycles. The standard InChI is InChI=1S/C14H22ClNO3/c1-11(16)13-5-4-12(10-14(13)15)19-7-3-6-18-9-8-17-2/h4-5,10-11H,3,6-9,16H2,1-2H3. The molecule has 1 unspecified atom stereocenters. The average molecular weight is 288 g/mol. The van der Waals surface area contributed by atoms with E-state index in [4.69, 9.17) is 31.5 Å². The van der Waals surface area contributed by atoms with Gasteiger partial charge in [-0.2, -0.15) is 0 Å². The van der Waals surface area contributed by atoms with Crippen molar-refractivity contribution in [1.82, 2.24) is 0 Å². The largest absolute Gasteiger partial charge is 0.493 e. The predicted molar refractivity (Wildman–Crippen MR) is 76.9 cm³/mol. The lowest BCUT2D eigenvalue weighted by Crippen LogP contribution is -2.07. The van der Waals surface area contributed by atoms with Gasteiger partial charge >= 0.3 is 0 Å². The lowest BCUT2D eigenvalue weighted by Gasteiger charge is -2.11. The normalized spacial score (nSPS) is 12.4. The van der Waals surface area contributed by atoms with Gasteiger partial charge in [0.2, 0.25) is 0 Å². The fourth-order valence-corrected chi connectivity index (χ4v) is 1.90. The van der Waals surface area contributed by atoms with Gasteiger partial charge in [0.05, 0.1) is 19.8 Å². The maximum absolute atomic E-state index is 6.12. The fourth-order valence-electron chi connectivity index (χ4n) is 1.56. The second kappa shape index (κ2) is 9.15. The Bertz CT molecular complexity index is 372. The summed E-state index contributed by atoms with van der Waals surface area (Å²) in [5.41, 5.74) is 6.72. The number of halogens is 1. The summed E-state index contributed by atoms with van der Waals surface area (Å²) in [7, 11) is 1.65. The van der Waals surface area contributed by atoms with Crippen molar-refractivity contribution in [2.45, 2.75) is 19.4 Å². The number of methoxy groups -OCH3 is 1. The van der Waals surface area contributed by atoms with E-state index in [1.54, 1.807) is 13.2 Å². The smallest absolute Gasteiger partial charge is 0.120 e. The summed E-state index contributed by atoms with van der Waals surface area (Å²) in [4.78, 5) is 0. The molecule has 1 aromatic carbocycles. The number of hydrogen-bond donors (Lipinski definition) is 1. The Kier molecular flexibility index (Phi) is 7.82. The molecule has 5 heteroatoms. The summed E-state index contributed by atoms with van der Waals surface area (Å²) in [6, 6.07) is 5.51. The quantitative estimate of drug-likeness (QED) is 0.710. The van der Waals surface area contributed by atoms with E-state index in [0.29, 0.717) is 31.5 Å². The molecule has 0 radical (unpaired) electrons. The third kappa shape index (κ3) is 6.25. The Morgan fingerprint density at radius 1 is 1.21 bits per heavy atom. The lowest BCUT2D eigenvalue weighted by atomic mass is 10.1. The van der Waals surface area contributed by atoms with Crippen molar-refractivity contribution < 1.29 is 14.2 Å². The highest BCUT2D eigenvalue weighted by Gasteiger charge is 2.06. The molecule has 19 heavy (non-hydrogen) atoms. The van der Waals surface area contributed by atoms with Gasteiger partial charge in [0.15, 0.2) is 0 Å². The summed E-state index contributed by atoms with van der Waals surface area (Å²) < 4.78 is 15.8. The summed E-state index contributed by atoms with van der Waals surface area (Å²) in [6.45, 7) is 4.40. The molecule has 108 valence electrons. The van der Waals surface area contributed by atoms with Crippen LogP contribution in [-0.4, -0.2) is 33.5 Å². The average Bonchev–Trinajstić information content (AvgIpc) is 2.37. The molecule has 0 heterocycles. The SMILES string of the molecule is COCCOCCCOc1ccc(C(C)N)c(Cl)c1. The summed E-state index contributed by atoms with van der Waals surface area (Å²) in [6.07, 6.45) is 0.830. The summed E-state index contributed by atoms with van der Waals surface area (Å²) in [5, 5.41) is 0.642. The van der Waals surface area contributed by atoms with Crippen LogP contribution in [0.5, 0.6) is 5.75 Å². The van der Waals surface area contributed by atoms with Crippen molar-refractivity contribution in [3.8, 4) is 5.75 Å². The predicted octanol–water partition coefficient (Wildman–Crippen LogP) is 2.79. The highest BCUT2D eigenvalue weighted by molar-refractivity contribution is 6.31. The lowest BCUT2D eigenvalue weighted by molar-refractivity contribution is 0.0644. The molecule has 0 amide bonds. The molecule has 0 saturated heterocycles. The van der Waals surface area contributed by atoms with E-state index < -0.39 is 0 Å². The van der Waals surface area contributed by atoms with Crippen LogP contribution in [0.2, 0.25) is 5.02 Å². The van der Waals surface area contributed by atoms with Gasteiger partial charge in [0.25, 0.3) is 0 Å². The minimum Gasteiger partial charge on any atom is -0.493 e. The first-order chi connectivity index (χ1) is 9.15. The van der Waals surface area contributed by atoms with Gasteiger partial charge in [-0.3, -0.25) is 0 Å². The van der Waals surface area contributed by atoms with Gasteiger partial charge in [-0.25, -0.2) is 0 Å². The maximum Gasteiger partial charge on any atom is 0.120 e. The van der Waals surface area contributed by atoms with Crippen LogP contribution in [0, 0.1) is 0 Å². The van der Waals surface area contributed by atoms with E-state index in [0.717, 1.165) is 17.7 Å². The van der Waals surface area contributed by atoms with E-state index in [2.05, 4.69) is 0 Å². The van der Waals surface area contributed by atoms with Crippen LogP contribution in [-0.2, 0) is 9.47 Å². The van der Waals surface area contributed by atoms with Crippen molar-refractivity contribution in [3.05, 3.63) is 28.8 Å². The highest BCUT2D eigenvalue weighted by atomic mass is 35.5. The molecule has 2 N–H and O–H groups in total. The third-order valence-electron chi connectivity index (χ3n) is 2.60. The minimum atomic E-state index is -0.0734. The molecule has 0 bridgehead atoms. The summed E-state index contributed by atoms with van der Waals surface area (Å²) in [5.74, 6) is 0.756. The van der Waals surface area contributed by atoms with Gasteiger partial charge in [-0.1, -0.05) is 17.7 Å². The first-order valence-electron chi connectivity index (χ1n) is 6.39. The molecule has 0 aliphatic rings. The van der Waals surface area contributed by atoms with Crippen LogP contribution >= 0.6 is 11.6 Å². The van der Waals surface area contributed by atoms with Crippen LogP contribution in [0.3, 0.4) is 0 Å². The third-order valence-corrected chi connectivity index (χ3v) is 2.92. The Morgan fingerprint density at radius 3 is 2.63 bits per heavy atom. The number of ether oxygens (including phenoxy) is 3. The summed E-state index contributed by atoms with van der Waals surface area (Å²) >= 11 is 6.12. The van der Waals surface area contributed by atoms with Gasteiger partial charge in [-0.15, -0.1) is 0 Å². The second-order valence-electron chi connectivity index (χ2n) is 4.28. The Hall–Kier alpha value is -0.810. The fraction of sp³-hybridized carbons (Fsp3) is 0.571. The van der Waals surface area contributed by atoms with Crippen molar-refractivity contribution in [2.24, 2.45) is 5.73 Å². The number of hydrogen-bond acceptors (Lipinski definition) is 4. The van der Waals surface area contributed by atoms with Gasteiger partial charge in [0.1, 0.15) is 5.75 Å². The van der Waals surface area contributed by atoms with Crippen LogP contribution in [0.4, 0.5) is 0 Å². The topological polar surface area (TPSA) is 53.7 Å². The maximum atomic E-state index is 6.12. The Morgan fingerprint density at radius 2 is 2.00 bits per heavy atom. The van der Waals surface area contributed by atoms with Crippen LogP contribution in [0.25, 0.3) is 0 Å². The molecule has 0 saturated carbocycles. The first-order valence-corrected chi connectivity index (χ1v) is 6.77.